The molecule has 0 bridgehead atoms. The maximum Gasteiger partial charge on any atom is 0.255 e. The maximum atomic E-state index is 12.4. The van der Waals surface area contributed by atoms with Gasteiger partial charge in [0.1, 0.15) is 11.4 Å². The van der Waals surface area contributed by atoms with Crippen LogP contribution in [0.1, 0.15) is 43.7 Å². The van der Waals surface area contributed by atoms with Crippen LogP contribution in [0, 0.1) is 0 Å². The number of rotatable bonds is 3. The van der Waals surface area contributed by atoms with Gasteiger partial charge < -0.3 is 15.4 Å². The summed E-state index contributed by atoms with van der Waals surface area (Å²) in [7, 11) is 1.59. The van der Waals surface area contributed by atoms with Crippen molar-refractivity contribution >= 4 is 5.96 Å². The lowest BCUT2D eigenvalue weighted by Crippen LogP contribution is -2.47. The Balaban J connectivity index is 1.79. The Hall–Kier alpha value is -1.85. The average molecular weight is 323 g/mol. The molecule has 1 atom stereocenters. The largest absolute Gasteiger partial charge is 0.487 e. The topological polar surface area (TPSA) is 45.7 Å². The number of alkyl halides is 2. The summed E-state index contributed by atoms with van der Waals surface area (Å²) in [6.07, 6.45) is 2.86. The van der Waals surface area contributed by atoms with E-state index in [0.29, 0.717) is 5.96 Å². The highest BCUT2D eigenvalue weighted by Crippen LogP contribution is 2.46. The first kappa shape index (κ1) is 16.0. The molecule has 0 aromatic heterocycles. The summed E-state index contributed by atoms with van der Waals surface area (Å²) in [6.45, 7) is -0.407. The zero-order valence-electron chi connectivity index (χ0n) is 13.3. The van der Waals surface area contributed by atoms with Crippen LogP contribution in [0.4, 0.5) is 8.78 Å². The quantitative estimate of drug-likeness (QED) is 0.663. The van der Waals surface area contributed by atoms with E-state index in [9.17, 15) is 8.78 Å². The summed E-state index contributed by atoms with van der Waals surface area (Å²) in [5, 5.41) is 5.97. The molecule has 4 nitrogen and oxygen atoms in total. The Morgan fingerprint density at radius 2 is 2.09 bits per heavy atom. The number of hydrogen-bond donors (Lipinski definition) is 2. The molecule has 1 fully saturated rings. The molecule has 126 valence electrons. The third kappa shape index (κ3) is 3.57. The second kappa shape index (κ2) is 6.72. The van der Waals surface area contributed by atoms with Gasteiger partial charge in [0, 0.05) is 19.0 Å². The molecule has 1 aromatic rings. The predicted molar refractivity (Wildman–Crippen MR) is 86.1 cm³/mol. The number of aliphatic imine (C=N–C) groups is 1. The normalized spacial score (nSPS) is 22.8. The van der Waals surface area contributed by atoms with Gasteiger partial charge in [0.25, 0.3) is 6.43 Å². The van der Waals surface area contributed by atoms with Crippen LogP contribution >= 0.6 is 0 Å². The minimum Gasteiger partial charge on any atom is -0.487 e. The van der Waals surface area contributed by atoms with Crippen LogP contribution in [0.3, 0.4) is 0 Å². The standard InChI is InChI=1S/C17H23F2N3O/c1-20-16(21-11-15(18)19)22-13-10-17(8-4-5-9-17)23-14-7-3-2-6-12(13)14/h2-3,6-7,13,15H,4-5,8-11H2,1H3,(H2,20,21,22). The molecule has 1 aromatic carbocycles. The Kier molecular flexibility index (Phi) is 4.68. The highest BCUT2D eigenvalue weighted by atomic mass is 19.3. The number of halogens is 2. The fourth-order valence-corrected chi connectivity index (χ4v) is 3.61. The minimum absolute atomic E-state index is 0.0157. The van der Waals surface area contributed by atoms with Gasteiger partial charge in [-0.1, -0.05) is 18.2 Å². The van der Waals surface area contributed by atoms with Gasteiger partial charge in [-0.15, -0.1) is 0 Å². The molecule has 3 rings (SSSR count). The Morgan fingerprint density at radius 3 is 2.78 bits per heavy atom. The van der Waals surface area contributed by atoms with E-state index in [1.165, 1.54) is 12.8 Å². The van der Waals surface area contributed by atoms with Crippen molar-refractivity contribution in [3.05, 3.63) is 29.8 Å². The first-order valence-corrected chi connectivity index (χ1v) is 8.15. The summed E-state index contributed by atoms with van der Waals surface area (Å²) in [4.78, 5) is 4.06. The number of benzene rings is 1. The van der Waals surface area contributed by atoms with E-state index < -0.39 is 13.0 Å². The van der Waals surface area contributed by atoms with Crippen molar-refractivity contribution in [2.45, 2.75) is 50.2 Å². The molecule has 1 aliphatic carbocycles. The van der Waals surface area contributed by atoms with E-state index >= 15 is 0 Å². The first-order chi connectivity index (χ1) is 11.1. The number of nitrogens with zero attached hydrogens (tertiary/aromatic N) is 1. The van der Waals surface area contributed by atoms with Gasteiger partial charge >= 0.3 is 0 Å². The Bertz CT molecular complexity index is 571. The minimum atomic E-state index is -2.41. The molecular formula is C17H23F2N3O. The summed E-state index contributed by atoms with van der Waals surface area (Å²) in [5.41, 5.74) is 0.929. The monoisotopic (exact) mass is 323 g/mol. The Morgan fingerprint density at radius 1 is 1.35 bits per heavy atom. The summed E-state index contributed by atoms with van der Waals surface area (Å²) >= 11 is 0. The number of nitrogens with one attached hydrogen (secondary N) is 2. The zero-order chi connectivity index (χ0) is 16.3. The second-order valence-corrected chi connectivity index (χ2v) is 6.28. The lowest BCUT2D eigenvalue weighted by molar-refractivity contribution is 0.0395. The van der Waals surface area contributed by atoms with Crippen LogP contribution in [-0.4, -0.2) is 31.6 Å². The van der Waals surface area contributed by atoms with Crippen LogP contribution < -0.4 is 15.4 Å². The van der Waals surface area contributed by atoms with Crippen molar-refractivity contribution in [1.29, 1.82) is 0 Å². The van der Waals surface area contributed by atoms with Gasteiger partial charge in [0.15, 0.2) is 5.96 Å². The molecule has 1 aliphatic heterocycles. The molecule has 2 aliphatic rings. The van der Waals surface area contributed by atoms with E-state index in [2.05, 4.69) is 15.6 Å². The van der Waals surface area contributed by atoms with Crippen molar-refractivity contribution in [3.8, 4) is 5.75 Å². The predicted octanol–water partition coefficient (Wildman–Crippen LogP) is 3.25. The van der Waals surface area contributed by atoms with Gasteiger partial charge in [-0.25, -0.2) is 8.78 Å². The summed E-state index contributed by atoms with van der Waals surface area (Å²) in [5.74, 6) is 1.29. The fourth-order valence-electron chi connectivity index (χ4n) is 3.61. The third-order valence-electron chi connectivity index (χ3n) is 4.67. The van der Waals surface area contributed by atoms with Gasteiger partial charge in [-0.05, 0) is 31.7 Å². The van der Waals surface area contributed by atoms with E-state index in [4.69, 9.17) is 4.74 Å². The summed E-state index contributed by atoms with van der Waals surface area (Å²) < 4.78 is 31.2. The van der Waals surface area contributed by atoms with Crippen LogP contribution in [0.2, 0.25) is 0 Å². The van der Waals surface area contributed by atoms with Gasteiger partial charge in [-0.2, -0.15) is 0 Å². The molecule has 2 N–H and O–H groups in total. The van der Waals surface area contributed by atoms with Crippen LogP contribution in [-0.2, 0) is 0 Å². The van der Waals surface area contributed by atoms with Gasteiger partial charge in [-0.3, -0.25) is 4.99 Å². The number of para-hydroxylation sites is 1. The Labute approximate surface area is 135 Å². The molecule has 0 amide bonds. The molecule has 23 heavy (non-hydrogen) atoms. The van der Waals surface area contributed by atoms with Crippen molar-refractivity contribution in [2.75, 3.05) is 13.6 Å². The molecule has 1 unspecified atom stereocenters. The van der Waals surface area contributed by atoms with Gasteiger partial charge in [0.05, 0.1) is 12.6 Å². The number of ether oxygens (including phenoxy) is 1. The first-order valence-electron chi connectivity index (χ1n) is 8.15. The second-order valence-electron chi connectivity index (χ2n) is 6.28. The SMILES string of the molecule is CN=C(NCC(F)F)NC1CC2(CCCC2)Oc2ccccc21. The maximum absolute atomic E-state index is 12.4. The highest BCUT2D eigenvalue weighted by molar-refractivity contribution is 5.80. The van der Waals surface area contributed by atoms with E-state index in [1.54, 1.807) is 7.05 Å². The third-order valence-corrected chi connectivity index (χ3v) is 4.67. The number of fused-ring (bicyclic) bond motifs is 1. The average Bonchev–Trinajstić information content (AvgIpc) is 2.98. The van der Waals surface area contributed by atoms with Crippen molar-refractivity contribution in [1.82, 2.24) is 10.6 Å². The number of hydrogen-bond acceptors (Lipinski definition) is 2. The van der Waals surface area contributed by atoms with E-state index in [-0.39, 0.29) is 11.6 Å². The van der Waals surface area contributed by atoms with Crippen LogP contribution in [0.5, 0.6) is 5.75 Å². The van der Waals surface area contributed by atoms with Crippen LogP contribution in [0.15, 0.2) is 29.3 Å². The zero-order valence-corrected chi connectivity index (χ0v) is 13.3. The highest BCUT2D eigenvalue weighted by Gasteiger charge is 2.43. The fraction of sp³-hybridized carbons (Fsp3) is 0.588. The number of guanidine groups is 1. The molecule has 0 saturated heterocycles. The van der Waals surface area contributed by atoms with Crippen LogP contribution in [0.25, 0.3) is 0 Å². The van der Waals surface area contributed by atoms with Crippen molar-refractivity contribution < 1.29 is 13.5 Å². The summed E-state index contributed by atoms with van der Waals surface area (Å²) in [6, 6.07) is 7.96. The molecular weight excluding hydrogens is 300 g/mol. The van der Waals surface area contributed by atoms with Crippen molar-refractivity contribution in [2.24, 2.45) is 4.99 Å². The molecule has 1 spiro atoms. The molecule has 1 heterocycles. The van der Waals surface area contributed by atoms with Gasteiger partial charge in [0.2, 0.25) is 0 Å². The molecule has 6 heteroatoms. The smallest absolute Gasteiger partial charge is 0.255 e. The molecule has 0 radical (unpaired) electrons. The lowest BCUT2D eigenvalue weighted by atomic mass is 9.86. The molecule has 1 saturated carbocycles. The van der Waals surface area contributed by atoms with E-state index in [0.717, 1.165) is 30.6 Å². The van der Waals surface area contributed by atoms with E-state index in [1.807, 2.05) is 24.3 Å². The lowest BCUT2D eigenvalue weighted by Gasteiger charge is -2.40. The van der Waals surface area contributed by atoms with Crippen molar-refractivity contribution in [3.63, 3.8) is 0 Å².